The van der Waals surface area contributed by atoms with Crippen LogP contribution in [-0.2, 0) is 23.9 Å². The van der Waals surface area contributed by atoms with Gasteiger partial charge >= 0.3 is 18.1 Å². The molecule has 176 valence electrons. The number of halogens is 4. The highest BCUT2D eigenvalue weighted by atomic mass is 35.5. The highest BCUT2D eigenvalue weighted by Gasteiger charge is 2.49. The molecule has 0 N–H and O–H groups in total. The summed E-state index contributed by atoms with van der Waals surface area (Å²) in [6, 6.07) is 1.36. The van der Waals surface area contributed by atoms with Gasteiger partial charge in [-0.05, 0) is 43.5 Å². The number of esters is 2. The minimum atomic E-state index is -4.89. The van der Waals surface area contributed by atoms with Crippen molar-refractivity contribution in [2.45, 2.75) is 39.0 Å². The lowest BCUT2D eigenvalue weighted by Crippen LogP contribution is -2.41. The van der Waals surface area contributed by atoms with Gasteiger partial charge in [-0.15, -0.1) is 10.1 Å². The maximum absolute atomic E-state index is 13.5. The minimum Gasteiger partial charge on any atom is -0.475 e. The Morgan fingerprint density at radius 3 is 2.50 bits per heavy atom. The number of carbonyl (C=O) groups is 2. The van der Waals surface area contributed by atoms with Gasteiger partial charge in [0.1, 0.15) is 19.0 Å². The zero-order valence-corrected chi connectivity index (χ0v) is 17.7. The van der Waals surface area contributed by atoms with Gasteiger partial charge in [0.15, 0.2) is 0 Å². The molecule has 0 aliphatic carbocycles. The number of benzene rings is 1. The summed E-state index contributed by atoms with van der Waals surface area (Å²) < 4.78 is 55.1. The molecule has 32 heavy (non-hydrogen) atoms. The van der Waals surface area contributed by atoms with Gasteiger partial charge in [0.2, 0.25) is 6.10 Å². The summed E-state index contributed by atoms with van der Waals surface area (Å²) in [6.07, 6.45) is -6.55. The predicted octanol–water partition coefficient (Wildman–Crippen LogP) is 3.74. The molecule has 2 rings (SSSR count). The molecule has 0 spiro atoms. The molecule has 0 saturated carbocycles. The Hall–Kier alpha value is -3.02. The fourth-order valence-electron chi connectivity index (χ4n) is 2.85. The Morgan fingerprint density at radius 1 is 1.22 bits per heavy atom. The molecular formula is C19H19ClF3NO8. The van der Waals surface area contributed by atoms with E-state index >= 15 is 0 Å². The van der Waals surface area contributed by atoms with Crippen LogP contribution in [0, 0.1) is 24.0 Å². The van der Waals surface area contributed by atoms with Crippen molar-refractivity contribution in [2.75, 3.05) is 19.8 Å². The second-order valence-corrected chi connectivity index (χ2v) is 7.08. The second-order valence-electron chi connectivity index (χ2n) is 6.70. The minimum absolute atomic E-state index is 0.0257. The summed E-state index contributed by atoms with van der Waals surface area (Å²) in [5.41, 5.74) is 0.435. The van der Waals surface area contributed by atoms with Gasteiger partial charge in [0.05, 0.1) is 12.2 Å². The predicted molar refractivity (Wildman–Crippen MR) is 103 cm³/mol. The van der Waals surface area contributed by atoms with E-state index in [1.807, 2.05) is 0 Å². The molecule has 0 amide bonds. The standard InChI is InChI=1S/C19H19ClF3NO8/c1-10-8-14-12(11(2)16(10)20)9-13(17(32-14)19(21,22)23)18(26)30-7-6-29-15(25)4-3-5-31-24(27)28/h8-9,17H,3-7H2,1-2H3/t17-/m0/s1. The van der Waals surface area contributed by atoms with Crippen molar-refractivity contribution >= 4 is 29.6 Å². The summed E-state index contributed by atoms with van der Waals surface area (Å²) >= 11 is 6.15. The summed E-state index contributed by atoms with van der Waals surface area (Å²) in [7, 11) is 0. The third kappa shape index (κ3) is 6.49. The maximum atomic E-state index is 13.5. The van der Waals surface area contributed by atoms with E-state index < -0.39 is 48.1 Å². The monoisotopic (exact) mass is 481 g/mol. The molecular weight excluding hydrogens is 463 g/mol. The van der Waals surface area contributed by atoms with Crippen LogP contribution in [0.1, 0.15) is 29.5 Å². The molecule has 9 nitrogen and oxygen atoms in total. The van der Waals surface area contributed by atoms with Gasteiger partial charge in [-0.3, -0.25) is 4.79 Å². The lowest BCUT2D eigenvalue weighted by atomic mass is 9.96. The number of nitrogens with zero attached hydrogens (tertiary/aromatic N) is 1. The number of fused-ring (bicyclic) bond motifs is 1. The Bertz CT molecular complexity index is 932. The highest BCUT2D eigenvalue weighted by molar-refractivity contribution is 6.32. The van der Waals surface area contributed by atoms with Crippen LogP contribution in [0.15, 0.2) is 11.6 Å². The van der Waals surface area contributed by atoms with Gasteiger partial charge in [-0.2, -0.15) is 13.2 Å². The first-order valence-electron chi connectivity index (χ1n) is 9.26. The molecule has 0 bridgehead atoms. The molecule has 0 saturated heterocycles. The van der Waals surface area contributed by atoms with Crippen LogP contribution in [-0.4, -0.2) is 49.1 Å². The van der Waals surface area contributed by atoms with Crippen molar-refractivity contribution in [3.63, 3.8) is 0 Å². The van der Waals surface area contributed by atoms with Gasteiger partial charge in [0, 0.05) is 17.0 Å². The number of rotatable bonds is 9. The maximum Gasteiger partial charge on any atom is 0.430 e. The Labute approximate surface area is 185 Å². The number of aryl methyl sites for hydroxylation is 1. The molecule has 1 aliphatic heterocycles. The van der Waals surface area contributed by atoms with Gasteiger partial charge in [0.25, 0.3) is 5.09 Å². The van der Waals surface area contributed by atoms with Crippen molar-refractivity contribution in [1.29, 1.82) is 0 Å². The summed E-state index contributed by atoms with van der Waals surface area (Å²) in [5, 5.41) is 9.31. The quantitative estimate of drug-likeness (QED) is 0.227. The van der Waals surface area contributed by atoms with Crippen molar-refractivity contribution in [1.82, 2.24) is 0 Å². The molecule has 1 aliphatic rings. The van der Waals surface area contributed by atoms with E-state index in [-0.39, 0.29) is 30.8 Å². The van der Waals surface area contributed by atoms with Crippen molar-refractivity contribution in [3.8, 4) is 5.75 Å². The molecule has 1 aromatic rings. The lowest BCUT2D eigenvalue weighted by molar-refractivity contribution is -0.757. The lowest BCUT2D eigenvalue weighted by Gasteiger charge is -2.29. The molecule has 0 aromatic heterocycles. The van der Waals surface area contributed by atoms with E-state index in [0.717, 1.165) is 6.08 Å². The average Bonchev–Trinajstić information content (AvgIpc) is 2.71. The molecule has 1 aromatic carbocycles. The van der Waals surface area contributed by atoms with E-state index in [2.05, 4.69) is 4.84 Å². The molecule has 0 radical (unpaired) electrons. The highest BCUT2D eigenvalue weighted by Crippen LogP contribution is 2.41. The van der Waals surface area contributed by atoms with Crippen LogP contribution >= 0.6 is 11.6 Å². The first kappa shape index (κ1) is 25.2. The molecule has 1 heterocycles. The number of hydrogen-bond acceptors (Lipinski definition) is 8. The largest absolute Gasteiger partial charge is 0.475 e. The molecule has 0 unspecified atom stereocenters. The number of alkyl halides is 3. The number of carbonyl (C=O) groups excluding carboxylic acids is 2. The Balaban J connectivity index is 2.00. The fraction of sp³-hybridized carbons (Fsp3) is 0.474. The van der Waals surface area contributed by atoms with E-state index in [1.165, 1.54) is 6.07 Å². The average molecular weight is 482 g/mol. The van der Waals surface area contributed by atoms with Crippen LogP contribution in [0.2, 0.25) is 5.02 Å². The smallest absolute Gasteiger partial charge is 0.430 e. The van der Waals surface area contributed by atoms with Crippen LogP contribution in [0.3, 0.4) is 0 Å². The third-order valence-electron chi connectivity index (χ3n) is 4.35. The van der Waals surface area contributed by atoms with Crippen molar-refractivity contribution in [2.24, 2.45) is 0 Å². The van der Waals surface area contributed by atoms with E-state index in [1.54, 1.807) is 13.8 Å². The number of ether oxygens (including phenoxy) is 3. The van der Waals surface area contributed by atoms with E-state index in [0.29, 0.717) is 16.1 Å². The van der Waals surface area contributed by atoms with E-state index in [4.69, 9.17) is 25.8 Å². The SMILES string of the molecule is Cc1cc2c(c(C)c1Cl)C=C(C(=O)OCCOC(=O)CCCO[N+](=O)[O-])[C@@H](C(F)(F)F)O2. The van der Waals surface area contributed by atoms with Crippen molar-refractivity contribution in [3.05, 3.63) is 43.5 Å². The zero-order chi connectivity index (χ0) is 24.1. The zero-order valence-electron chi connectivity index (χ0n) is 17.0. The topological polar surface area (TPSA) is 114 Å². The van der Waals surface area contributed by atoms with Crippen LogP contribution < -0.4 is 4.74 Å². The fourth-order valence-corrected chi connectivity index (χ4v) is 3.00. The van der Waals surface area contributed by atoms with Gasteiger partial charge < -0.3 is 19.0 Å². The third-order valence-corrected chi connectivity index (χ3v) is 4.94. The molecule has 1 atom stereocenters. The summed E-state index contributed by atoms with van der Waals surface area (Å²) in [4.78, 5) is 37.8. The van der Waals surface area contributed by atoms with E-state index in [9.17, 15) is 32.9 Å². The van der Waals surface area contributed by atoms with Crippen molar-refractivity contribution < 1.29 is 46.9 Å². The van der Waals surface area contributed by atoms with Crippen LogP contribution in [0.4, 0.5) is 13.2 Å². The summed E-state index contributed by atoms with van der Waals surface area (Å²) in [6.45, 7) is 1.99. The molecule has 0 fully saturated rings. The first-order chi connectivity index (χ1) is 14.9. The second kappa shape index (κ2) is 10.5. The van der Waals surface area contributed by atoms with Crippen LogP contribution in [0.25, 0.3) is 6.08 Å². The molecule has 13 heteroatoms. The first-order valence-corrected chi connectivity index (χ1v) is 9.64. The Morgan fingerprint density at radius 2 is 1.88 bits per heavy atom. The Kier molecular flexibility index (Phi) is 8.31. The van der Waals surface area contributed by atoms with Gasteiger partial charge in [-0.1, -0.05) is 11.6 Å². The van der Waals surface area contributed by atoms with Crippen LogP contribution in [0.5, 0.6) is 5.75 Å². The normalized spacial score (nSPS) is 15.2. The number of hydrogen-bond donors (Lipinski definition) is 0. The summed E-state index contributed by atoms with van der Waals surface area (Å²) in [5.74, 6) is -2.08. The van der Waals surface area contributed by atoms with Gasteiger partial charge in [-0.25, -0.2) is 4.79 Å².